The minimum atomic E-state index is -0.437. The van der Waals surface area contributed by atoms with Crippen molar-refractivity contribution < 1.29 is 4.79 Å². The van der Waals surface area contributed by atoms with Crippen LogP contribution in [-0.2, 0) is 11.2 Å². The molecule has 0 saturated carbocycles. The number of thioether (sulfide) groups is 1. The maximum Gasteiger partial charge on any atom is 0.249 e. The Labute approximate surface area is 150 Å². The second-order valence-electron chi connectivity index (χ2n) is 6.20. The molecule has 0 bridgehead atoms. The van der Waals surface area contributed by atoms with E-state index in [1.165, 1.54) is 0 Å². The van der Waals surface area contributed by atoms with E-state index in [2.05, 4.69) is 29.4 Å². The number of carbonyl (C=O) groups is 1. The van der Waals surface area contributed by atoms with Gasteiger partial charge in [-0.3, -0.25) is 9.79 Å². The fourth-order valence-corrected chi connectivity index (χ4v) is 4.05. The van der Waals surface area contributed by atoms with Gasteiger partial charge in [-0.05, 0) is 36.4 Å². The van der Waals surface area contributed by atoms with Gasteiger partial charge in [-0.1, -0.05) is 30.3 Å². The van der Waals surface area contributed by atoms with Crippen LogP contribution in [0.2, 0.25) is 0 Å². The first-order valence-corrected chi connectivity index (χ1v) is 9.47. The third-order valence-corrected chi connectivity index (χ3v) is 5.30. The largest absolute Gasteiger partial charge is 0.361 e. The number of aromatic nitrogens is 1. The van der Waals surface area contributed by atoms with Crippen LogP contribution in [0.4, 0.5) is 5.69 Å². The van der Waals surface area contributed by atoms with E-state index in [0.717, 1.165) is 38.3 Å². The van der Waals surface area contributed by atoms with Crippen LogP contribution in [0.15, 0.2) is 53.7 Å². The SMILES string of the molecule is CSC1=N[C@@H](Cc2c[nH]c3ccccc23)C(=O)Nc2cccc(C)c21. The summed E-state index contributed by atoms with van der Waals surface area (Å²) in [6.07, 6.45) is 4.57. The molecule has 0 unspecified atom stereocenters. The summed E-state index contributed by atoms with van der Waals surface area (Å²) in [6.45, 7) is 2.05. The predicted molar refractivity (Wildman–Crippen MR) is 106 cm³/mol. The quantitative estimate of drug-likeness (QED) is 0.730. The lowest BCUT2D eigenvalue weighted by atomic mass is 10.0. The van der Waals surface area contributed by atoms with Gasteiger partial charge < -0.3 is 10.3 Å². The fourth-order valence-electron chi connectivity index (χ4n) is 3.34. The number of aromatic amines is 1. The van der Waals surface area contributed by atoms with Crippen molar-refractivity contribution in [1.29, 1.82) is 0 Å². The molecule has 2 N–H and O–H groups in total. The Morgan fingerprint density at radius 1 is 1.16 bits per heavy atom. The lowest BCUT2D eigenvalue weighted by Gasteiger charge is -2.10. The highest BCUT2D eigenvalue weighted by molar-refractivity contribution is 8.13. The Balaban J connectivity index is 1.74. The molecule has 0 fully saturated rings. The highest BCUT2D eigenvalue weighted by atomic mass is 32.2. The van der Waals surface area contributed by atoms with Crippen molar-refractivity contribution >= 4 is 39.3 Å². The summed E-state index contributed by atoms with van der Waals surface area (Å²) >= 11 is 1.59. The molecular weight excluding hydrogens is 330 g/mol. The van der Waals surface area contributed by atoms with E-state index in [9.17, 15) is 4.79 Å². The molecule has 4 rings (SSSR count). The van der Waals surface area contributed by atoms with Gasteiger partial charge >= 0.3 is 0 Å². The molecule has 2 aromatic carbocycles. The van der Waals surface area contributed by atoms with Gasteiger partial charge in [-0.2, -0.15) is 0 Å². The minimum absolute atomic E-state index is 0.0545. The van der Waals surface area contributed by atoms with Crippen LogP contribution in [0.25, 0.3) is 10.9 Å². The smallest absolute Gasteiger partial charge is 0.249 e. The topological polar surface area (TPSA) is 57.2 Å². The summed E-state index contributed by atoms with van der Waals surface area (Å²) < 4.78 is 0. The zero-order chi connectivity index (χ0) is 17.4. The number of benzene rings is 2. The number of amides is 1. The third kappa shape index (κ3) is 2.85. The number of benzodiazepines with no additional fused rings is 1. The van der Waals surface area contributed by atoms with Crippen LogP contribution in [0.3, 0.4) is 0 Å². The van der Waals surface area contributed by atoms with Gasteiger partial charge in [0.1, 0.15) is 11.1 Å². The Bertz CT molecular complexity index is 990. The number of anilines is 1. The van der Waals surface area contributed by atoms with Gasteiger partial charge in [-0.15, -0.1) is 11.8 Å². The summed E-state index contributed by atoms with van der Waals surface area (Å²) in [7, 11) is 0. The first-order chi connectivity index (χ1) is 12.2. The second kappa shape index (κ2) is 6.41. The molecule has 5 heteroatoms. The van der Waals surface area contributed by atoms with Crippen molar-refractivity contribution in [3.05, 3.63) is 65.4 Å². The van der Waals surface area contributed by atoms with Crippen LogP contribution >= 0.6 is 11.8 Å². The van der Waals surface area contributed by atoms with Crippen LogP contribution in [0, 0.1) is 6.92 Å². The minimum Gasteiger partial charge on any atom is -0.361 e. The zero-order valence-corrected chi connectivity index (χ0v) is 15.0. The number of hydrogen-bond acceptors (Lipinski definition) is 3. The average Bonchev–Trinajstić information content (AvgIpc) is 2.96. The Hall–Kier alpha value is -2.53. The first kappa shape index (κ1) is 16.0. The average molecular weight is 349 g/mol. The van der Waals surface area contributed by atoms with Gasteiger partial charge in [0.15, 0.2) is 0 Å². The van der Waals surface area contributed by atoms with Crippen LogP contribution in [0.5, 0.6) is 0 Å². The molecular formula is C20H19N3OS. The van der Waals surface area contributed by atoms with Crippen LogP contribution < -0.4 is 5.32 Å². The molecule has 2 heterocycles. The van der Waals surface area contributed by atoms with Crippen molar-refractivity contribution in [1.82, 2.24) is 4.98 Å². The Kier molecular flexibility index (Phi) is 4.09. The van der Waals surface area contributed by atoms with E-state index in [1.54, 1.807) is 11.8 Å². The number of para-hydroxylation sites is 1. The Morgan fingerprint density at radius 3 is 2.84 bits per heavy atom. The molecule has 0 aliphatic carbocycles. The normalized spacial score (nSPS) is 17.0. The summed E-state index contributed by atoms with van der Waals surface area (Å²) in [5, 5.41) is 5.12. The number of carbonyl (C=O) groups excluding carboxylic acids is 1. The number of aliphatic imine (C=N–C) groups is 1. The molecule has 0 spiro atoms. The molecule has 4 nitrogen and oxygen atoms in total. The number of aryl methyl sites for hydroxylation is 1. The molecule has 1 aliphatic rings. The third-order valence-electron chi connectivity index (χ3n) is 4.60. The highest BCUT2D eigenvalue weighted by Gasteiger charge is 2.26. The summed E-state index contributed by atoms with van der Waals surface area (Å²) in [5.74, 6) is -0.0545. The van der Waals surface area contributed by atoms with Crippen molar-refractivity contribution in [2.45, 2.75) is 19.4 Å². The van der Waals surface area contributed by atoms with E-state index in [-0.39, 0.29) is 5.91 Å². The molecule has 1 aliphatic heterocycles. The fraction of sp³-hybridized carbons (Fsp3) is 0.200. The maximum absolute atomic E-state index is 12.8. The van der Waals surface area contributed by atoms with Crippen molar-refractivity contribution in [2.24, 2.45) is 4.99 Å². The molecule has 25 heavy (non-hydrogen) atoms. The maximum atomic E-state index is 12.8. The predicted octanol–water partition coefficient (Wildman–Crippen LogP) is 4.15. The zero-order valence-electron chi connectivity index (χ0n) is 14.2. The van der Waals surface area contributed by atoms with Gasteiger partial charge in [0.25, 0.3) is 0 Å². The molecule has 1 atom stereocenters. The molecule has 1 amide bonds. The van der Waals surface area contributed by atoms with Gasteiger partial charge in [-0.25, -0.2) is 0 Å². The van der Waals surface area contributed by atoms with E-state index in [4.69, 9.17) is 4.99 Å². The van der Waals surface area contributed by atoms with Crippen LogP contribution in [-0.4, -0.2) is 28.2 Å². The number of rotatable bonds is 2. The lowest BCUT2D eigenvalue weighted by molar-refractivity contribution is -0.117. The van der Waals surface area contributed by atoms with Crippen LogP contribution in [0.1, 0.15) is 16.7 Å². The lowest BCUT2D eigenvalue weighted by Crippen LogP contribution is -2.27. The van der Waals surface area contributed by atoms with E-state index in [0.29, 0.717) is 6.42 Å². The van der Waals surface area contributed by atoms with Gasteiger partial charge in [0, 0.05) is 29.1 Å². The van der Waals surface area contributed by atoms with Crippen molar-refractivity contribution in [3.8, 4) is 0 Å². The van der Waals surface area contributed by atoms with E-state index in [1.807, 2.05) is 42.8 Å². The molecule has 126 valence electrons. The van der Waals surface area contributed by atoms with Gasteiger partial charge in [0.2, 0.25) is 5.91 Å². The summed E-state index contributed by atoms with van der Waals surface area (Å²) in [6, 6.07) is 13.7. The molecule has 3 aromatic rings. The highest BCUT2D eigenvalue weighted by Crippen LogP contribution is 2.29. The van der Waals surface area contributed by atoms with Crippen molar-refractivity contribution in [3.63, 3.8) is 0 Å². The summed E-state index contributed by atoms with van der Waals surface area (Å²) in [4.78, 5) is 20.9. The number of nitrogens with zero attached hydrogens (tertiary/aromatic N) is 1. The molecule has 1 aromatic heterocycles. The number of hydrogen-bond donors (Lipinski definition) is 2. The number of H-pyrrole nitrogens is 1. The summed E-state index contributed by atoms with van der Waals surface area (Å²) in [5.41, 5.74) is 5.20. The van der Waals surface area contributed by atoms with E-state index < -0.39 is 6.04 Å². The molecule has 0 radical (unpaired) electrons. The monoisotopic (exact) mass is 349 g/mol. The number of nitrogens with one attached hydrogen (secondary N) is 2. The molecule has 0 saturated heterocycles. The van der Waals surface area contributed by atoms with Crippen molar-refractivity contribution in [2.75, 3.05) is 11.6 Å². The first-order valence-electron chi connectivity index (χ1n) is 8.25. The second-order valence-corrected chi connectivity index (χ2v) is 7.00. The standard InChI is InChI=1S/C20H19N3OS/c1-12-6-5-9-16-18(12)20(25-2)23-17(19(24)22-16)10-13-11-21-15-8-4-3-7-14(13)15/h3-9,11,17,21H,10H2,1-2H3,(H,22,24)/t17-/m0/s1. The Morgan fingerprint density at radius 2 is 2.00 bits per heavy atom. The number of fused-ring (bicyclic) bond motifs is 2. The van der Waals surface area contributed by atoms with E-state index >= 15 is 0 Å². The van der Waals surface area contributed by atoms with Gasteiger partial charge in [0.05, 0.1) is 5.69 Å².